The van der Waals surface area contributed by atoms with E-state index in [0.717, 1.165) is 0 Å². The molecule has 0 heteroatoms. The van der Waals surface area contributed by atoms with Gasteiger partial charge in [-0.3, -0.25) is 0 Å². The second kappa shape index (κ2) is 5.55. The van der Waals surface area contributed by atoms with Gasteiger partial charge in [0.25, 0.3) is 0 Å². The highest BCUT2D eigenvalue weighted by molar-refractivity contribution is 5.17. The molecule has 0 saturated heterocycles. The molecular formula is C15H18. The van der Waals surface area contributed by atoms with Gasteiger partial charge in [-0.05, 0) is 30.7 Å². The Morgan fingerprint density at radius 1 is 0.867 bits per heavy atom. The van der Waals surface area contributed by atoms with E-state index in [-0.39, 0.29) is 0 Å². The Balaban J connectivity index is 1.63. The summed E-state index contributed by atoms with van der Waals surface area (Å²) in [7, 11) is 0. The molecule has 0 spiro atoms. The zero-order valence-electron chi connectivity index (χ0n) is 9.10. The minimum atomic E-state index is 0.709. The van der Waals surface area contributed by atoms with Gasteiger partial charge in [-0.15, -0.1) is 0 Å². The van der Waals surface area contributed by atoms with Crippen LogP contribution in [0.15, 0.2) is 54.6 Å². The average Bonchev–Trinajstić information content (AvgIpc) is 2.79. The summed E-state index contributed by atoms with van der Waals surface area (Å²) >= 11 is 0. The fraction of sp³-hybridized carbons (Fsp3) is 0.333. The molecule has 2 rings (SSSR count). The van der Waals surface area contributed by atoms with Crippen LogP contribution in [0.3, 0.4) is 0 Å². The molecule has 0 atom stereocenters. The molecule has 0 aliphatic heterocycles. The molecule has 1 aliphatic carbocycles. The van der Waals surface area contributed by atoms with Crippen molar-refractivity contribution in [2.75, 3.05) is 0 Å². The van der Waals surface area contributed by atoms with E-state index in [1.807, 2.05) is 0 Å². The minimum absolute atomic E-state index is 0.709. The van der Waals surface area contributed by atoms with Gasteiger partial charge in [0.15, 0.2) is 0 Å². The molecule has 0 nitrogen and oxygen atoms in total. The molecule has 0 saturated carbocycles. The lowest BCUT2D eigenvalue weighted by Crippen LogP contribution is -1.91. The summed E-state index contributed by atoms with van der Waals surface area (Å²) in [6.45, 7) is 0. The molecule has 0 fully saturated rings. The van der Waals surface area contributed by atoms with Crippen LogP contribution in [0, 0.1) is 5.92 Å². The maximum atomic E-state index is 2.29. The average molecular weight is 198 g/mol. The van der Waals surface area contributed by atoms with E-state index >= 15 is 0 Å². The Morgan fingerprint density at radius 2 is 1.60 bits per heavy atom. The molecule has 15 heavy (non-hydrogen) atoms. The van der Waals surface area contributed by atoms with Crippen molar-refractivity contribution in [1.29, 1.82) is 0 Å². The third kappa shape index (κ3) is 3.39. The predicted molar refractivity (Wildman–Crippen MR) is 65.8 cm³/mol. The fourth-order valence-electron chi connectivity index (χ4n) is 2.02. The lowest BCUT2D eigenvalue weighted by Gasteiger charge is -2.04. The van der Waals surface area contributed by atoms with Gasteiger partial charge in [0.2, 0.25) is 0 Å². The van der Waals surface area contributed by atoms with Gasteiger partial charge in [0, 0.05) is 0 Å². The Bertz CT molecular complexity index is 320. The summed E-state index contributed by atoms with van der Waals surface area (Å²) in [5, 5.41) is 0. The van der Waals surface area contributed by atoms with Crippen LogP contribution in [0.25, 0.3) is 0 Å². The van der Waals surface area contributed by atoms with Crippen molar-refractivity contribution in [3.63, 3.8) is 0 Å². The summed E-state index contributed by atoms with van der Waals surface area (Å²) in [6.07, 6.45) is 14.1. The topological polar surface area (TPSA) is 0 Å². The lowest BCUT2D eigenvalue weighted by molar-refractivity contribution is 0.622. The van der Waals surface area contributed by atoms with Crippen LogP contribution < -0.4 is 0 Å². The number of allylic oxidation sites excluding steroid dienone is 4. The number of aryl methyl sites for hydroxylation is 1. The van der Waals surface area contributed by atoms with Crippen molar-refractivity contribution in [2.45, 2.75) is 25.7 Å². The van der Waals surface area contributed by atoms with Crippen molar-refractivity contribution in [3.05, 3.63) is 60.2 Å². The molecule has 0 heterocycles. The Kier molecular flexibility index (Phi) is 3.78. The van der Waals surface area contributed by atoms with Crippen LogP contribution in [0.4, 0.5) is 0 Å². The van der Waals surface area contributed by atoms with Crippen molar-refractivity contribution < 1.29 is 0 Å². The molecule has 1 aromatic rings. The molecule has 0 unspecified atom stereocenters. The predicted octanol–water partition coefficient (Wildman–Crippen LogP) is 4.14. The largest absolute Gasteiger partial charge is 0.0776 e. The Morgan fingerprint density at radius 3 is 2.33 bits per heavy atom. The number of rotatable bonds is 5. The van der Waals surface area contributed by atoms with Crippen molar-refractivity contribution >= 4 is 0 Å². The van der Waals surface area contributed by atoms with Gasteiger partial charge < -0.3 is 0 Å². The van der Waals surface area contributed by atoms with Gasteiger partial charge in [-0.1, -0.05) is 61.1 Å². The zero-order chi connectivity index (χ0) is 10.3. The van der Waals surface area contributed by atoms with E-state index in [1.165, 1.54) is 31.2 Å². The summed E-state index contributed by atoms with van der Waals surface area (Å²) in [6, 6.07) is 10.8. The molecule has 0 aromatic heterocycles. The molecule has 1 aromatic carbocycles. The summed E-state index contributed by atoms with van der Waals surface area (Å²) in [5.41, 5.74) is 1.47. The standard InChI is InChI=1S/C15H18/c1-2-8-14(9-3-1)10-4-5-11-15-12-6-7-13-15/h1-3,6-9,12-13,15H,4-5,10-11H2. The summed E-state index contributed by atoms with van der Waals surface area (Å²) in [4.78, 5) is 0. The van der Waals surface area contributed by atoms with E-state index in [2.05, 4.69) is 54.6 Å². The van der Waals surface area contributed by atoms with Gasteiger partial charge >= 0.3 is 0 Å². The quantitative estimate of drug-likeness (QED) is 0.624. The molecule has 0 amide bonds. The van der Waals surface area contributed by atoms with E-state index in [1.54, 1.807) is 0 Å². The number of unbranched alkanes of at least 4 members (excludes halogenated alkanes) is 1. The molecule has 0 N–H and O–H groups in total. The van der Waals surface area contributed by atoms with Crippen molar-refractivity contribution in [1.82, 2.24) is 0 Å². The number of hydrogen-bond acceptors (Lipinski definition) is 0. The van der Waals surface area contributed by atoms with Crippen LogP contribution in [0.2, 0.25) is 0 Å². The molecular weight excluding hydrogens is 180 g/mol. The summed E-state index contributed by atoms with van der Waals surface area (Å²) in [5.74, 6) is 0.709. The highest BCUT2D eigenvalue weighted by Gasteiger charge is 2.02. The number of benzene rings is 1. The Labute approximate surface area is 92.3 Å². The van der Waals surface area contributed by atoms with E-state index in [0.29, 0.717) is 5.92 Å². The first-order valence-corrected chi connectivity index (χ1v) is 5.84. The molecule has 0 radical (unpaired) electrons. The van der Waals surface area contributed by atoms with Crippen molar-refractivity contribution in [2.24, 2.45) is 5.92 Å². The van der Waals surface area contributed by atoms with Crippen LogP contribution in [-0.2, 0) is 6.42 Å². The maximum absolute atomic E-state index is 2.29. The van der Waals surface area contributed by atoms with Gasteiger partial charge in [-0.25, -0.2) is 0 Å². The van der Waals surface area contributed by atoms with Gasteiger partial charge in [0.05, 0.1) is 0 Å². The first-order valence-electron chi connectivity index (χ1n) is 5.84. The van der Waals surface area contributed by atoms with E-state index < -0.39 is 0 Å². The second-order valence-corrected chi connectivity index (χ2v) is 4.17. The minimum Gasteiger partial charge on any atom is -0.0776 e. The smallest absolute Gasteiger partial charge is 0.00473 e. The number of hydrogen-bond donors (Lipinski definition) is 0. The Hall–Kier alpha value is -1.30. The van der Waals surface area contributed by atoms with E-state index in [4.69, 9.17) is 0 Å². The zero-order valence-corrected chi connectivity index (χ0v) is 9.10. The van der Waals surface area contributed by atoms with Crippen LogP contribution >= 0.6 is 0 Å². The summed E-state index contributed by atoms with van der Waals surface area (Å²) < 4.78 is 0. The molecule has 1 aliphatic rings. The monoisotopic (exact) mass is 198 g/mol. The van der Waals surface area contributed by atoms with Crippen LogP contribution in [0.1, 0.15) is 24.8 Å². The highest BCUT2D eigenvalue weighted by atomic mass is 14.1. The van der Waals surface area contributed by atoms with E-state index in [9.17, 15) is 0 Å². The van der Waals surface area contributed by atoms with Crippen LogP contribution in [-0.4, -0.2) is 0 Å². The van der Waals surface area contributed by atoms with Gasteiger partial charge in [-0.2, -0.15) is 0 Å². The van der Waals surface area contributed by atoms with Gasteiger partial charge in [0.1, 0.15) is 0 Å². The molecule has 78 valence electrons. The molecule has 0 bridgehead atoms. The lowest BCUT2D eigenvalue weighted by atomic mass is 10.0. The first-order chi connectivity index (χ1) is 7.45. The first kappa shape index (κ1) is 10.2. The maximum Gasteiger partial charge on any atom is -0.00473 e. The second-order valence-electron chi connectivity index (χ2n) is 4.17. The normalized spacial score (nSPS) is 14.9. The third-order valence-electron chi connectivity index (χ3n) is 2.92. The van der Waals surface area contributed by atoms with Crippen molar-refractivity contribution in [3.8, 4) is 0 Å². The highest BCUT2D eigenvalue weighted by Crippen LogP contribution is 2.17. The fourth-order valence-corrected chi connectivity index (χ4v) is 2.02. The van der Waals surface area contributed by atoms with Crippen LogP contribution in [0.5, 0.6) is 0 Å². The third-order valence-corrected chi connectivity index (χ3v) is 2.92. The SMILES string of the molecule is C1=CC(CCCCc2ccccc2)C=C1.